The molecule has 3 aromatic carbocycles. The Morgan fingerprint density at radius 1 is 0.880 bits per heavy atom. The Morgan fingerprint density at radius 3 is 2.40 bits per heavy atom. The molecule has 0 aliphatic heterocycles. The van der Waals surface area contributed by atoms with Crippen LogP contribution in [0.15, 0.2) is 72.8 Å². The van der Waals surface area contributed by atoms with Crippen molar-refractivity contribution in [2.24, 2.45) is 0 Å². The van der Waals surface area contributed by atoms with Crippen molar-refractivity contribution in [3.8, 4) is 5.75 Å². The van der Waals surface area contributed by atoms with E-state index in [0.717, 1.165) is 27.8 Å². The van der Waals surface area contributed by atoms with Crippen molar-refractivity contribution in [2.75, 3.05) is 0 Å². The van der Waals surface area contributed by atoms with Crippen LogP contribution in [0.3, 0.4) is 0 Å². The molecule has 0 heterocycles. The molecule has 2 N–H and O–H groups in total. The van der Waals surface area contributed by atoms with Crippen LogP contribution in [-0.2, 0) is 0 Å². The van der Waals surface area contributed by atoms with E-state index in [1.807, 2.05) is 30.3 Å². The maximum absolute atomic E-state index is 11.4. The summed E-state index contributed by atoms with van der Waals surface area (Å²) in [6.07, 6.45) is 2.14. The number of benzene rings is 3. The molecule has 0 aromatic heterocycles. The minimum Gasteiger partial charge on any atom is -0.508 e. The van der Waals surface area contributed by atoms with E-state index in [9.17, 15) is 15.0 Å². The summed E-state index contributed by atoms with van der Waals surface area (Å²) in [7, 11) is 0. The number of aromatic carboxylic acids is 1. The molecule has 0 fully saturated rings. The molecule has 0 saturated heterocycles. The van der Waals surface area contributed by atoms with Gasteiger partial charge in [0.1, 0.15) is 5.75 Å². The predicted molar refractivity (Wildman–Crippen MR) is 97.7 cm³/mol. The van der Waals surface area contributed by atoms with Gasteiger partial charge in [0.2, 0.25) is 0 Å². The topological polar surface area (TPSA) is 57.5 Å². The van der Waals surface area contributed by atoms with Crippen molar-refractivity contribution < 1.29 is 15.0 Å². The van der Waals surface area contributed by atoms with Gasteiger partial charge in [-0.15, -0.1) is 0 Å². The first-order valence-corrected chi connectivity index (χ1v) is 8.06. The molecule has 1 unspecified atom stereocenters. The standard InChI is InChI=1S/C22H16O3/c23-18-10-8-14(9-11-18)20-13-15-4-1-2-7-19(15)21(20)16-5-3-6-17(12-16)22(24)25/h1-13,21,23H,(H,24,25). The second-order valence-corrected chi connectivity index (χ2v) is 6.14. The molecule has 0 bridgehead atoms. The van der Waals surface area contributed by atoms with Crippen LogP contribution < -0.4 is 0 Å². The zero-order valence-electron chi connectivity index (χ0n) is 13.4. The van der Waals surface area contributed by atoms with Gasteiger partial charge in [-0.3, -0.25) is 0 Å². The zero-order chi connectivity index (χ0) is 17.4. The summed E-state index contributed by atoms with van der Waals surface area (Å²) in [4.78, 5) is 11.4. The van der Waals surface area contributed by atoms with Gasteiger partial charge in [0.25, 0.3) is 0 Å². The molecule has 0 radical (unpaired) electrons. The SMILES string of the molecule is O=C(O)c1cccc(C2C(c3ccc(O)cc3)=Cc3ccccc32)c1. The molecule has 0 amide bonds. The fourth-order valence-corrected chi connectivity index (χ4v) is 3.44. The van der Waals surface area contributed by atoms with E-state index < -0.39 is 5.97 Å². The molecule has 4 rings (SSSR count). The summed E-state index contributed by atoms with van der Waals surface area (Å²) in [6.45, 7) is 0. The van der Waals surface area contributed by atoms with E-state index in [0.29, 0.717) is 0 Å². The zero-order valence-corrected chi connectivity index (χ0v) is 13.4. The number of hydrogen-bond donors (Lipinski definition) is 2. The van der Waals surface area contributed by atoms with Crippen LogP contribution in [0.1, 0.15) is 38.5 Å². The summed E-state index contributed by atoms with van der Waals surface area (Å²) in [5, 5.41) is 18.9. The van der Waals surface area contributed by atoms with Crippen LogP contribution in [0, 0.1) is 0 Å². The highest BCUT2D eigenvalue weighted by molar-refractivity contribution is 5.94. The summed E-state index contributed by atoms with van der Waals surface area (Å²) in [6, 6.07) is 22.4. The molecule has 1 atom stereocenters. The Kier molecular flexibility index (Phi) is 3.62. The Hall–Kier alpha value is -3.33. The van der Waals surface area contributed by atoms with E-state index in [1.165, 1.54) is 0 Å². The van der Waals surface area contributed by atoms with Crippen molar-refractivity contribution >= 4 is 17.6 Å². The smallest absolute Gasteiger partial charge is 0.335 e. The second-order valence-electron chi connectivity index (χ2n) is 6.14. The average molecular weight is 328 g/mol. The molecule has 0 spiro atoms. The van der Waals surface area contributed by atoms with E-state index >= 15 is 0 Å². The number of rotatable bonds is 3. The van der Waals surface area contributed by atoms with Crippen LogP contribution in [0.4, 0.5) is 0 Å². The molecule has 1 aliphatic carbocycles. The van der Waals surface area contributed by atoms with Gasteiger partial charge >= 0.3 is 5.97 Å². The van der Waals surface area contributed by atoms with E-state index in [4.69, 9.17) is 0 Å². The summed E-state index contributed by atoms with van der Waals surface area (Å²) in [5.74, 6) is -0.729. The Bertz CT molecular complexity index is 984. The third-order valence-electron chi connectivity index (χ3n) is 4.60. The van der Waals surface area contributed by atoms with Gasteiger partial charge in [0.05, 0.1) is 5.56 Å². The van der Waals surface area contributed by atoms with E-state index in [1.54, 1.807) is 30.3 Å². The Morgan fingerprint density at radius 2 is 1.64 bits per heavy atom. The number of hydrogen-bond acceptors (Lipinski definition) is 2. The largest absolute Gasteiger partial charge is 0.508 e. The normalized spacial score (nSPS) is 15.5. The highest BCUT2D eigenvalue weighted by Crippen LogP contribution is 2.46. The first kappa shape index (κ1) is 15.2. The lowest BCUT2D eigenvalue weighted by Crippen LogP contribution is -2.04. The monoisotopic (exact) mass is 328 g/mol. The third-order valence-corrected chi connectivity index (χ3v) is 4.60. The van der Waals surface area contributed by atoms with Gasteiger partial charge in [-0.25, -0.2) is 4.79 Å². The molecule has 3 nitrogen and oxygen atoms in total. The third kappa shape index (κ3) is 2.70. The van der Waals surface area contributed by atoms with Gasteiger partial charge < -0.3 is 10.2 Å². The average Bonchev–Trinajstić information content (AvgIpc) is 3.02. The number of fused-ring (bicyclic) bond motifs is 1. The number of aromatic hydroxyl groups is 1. The highest BCUT2D eigenvalue weighted by Gasteiger charge is 2.28. The quantitative estimate of drug-likeness (QED) is 0.727. The Labute approximate surface area is 145 Å². The first-order valence-electron chi connectivity index (χ1n) is 8.06. The van der Waals surface area contributed by atoms with Gasteiger partial charge in [0.15, 0.2) is 0 Å². The van der Waals surface area contributed by atoms with E-state index in [-0.39, 0.29) is 17.2 Å². The predicted octanol–water partition coefficient (Wildman–Crippen LogP) is 4.78. The first-order chi connectivity index (χ1) is 12.1. The van der Waals surface area contributed by atoms with Crippen LogP contribution in [0.25, 0.3) is 11.6 Å². The van der Waals surface area contributed by atoms with Gasteiger partial charge in [0, 0.05) is 5.92 Å². The number of carbonyl (C=O) groups is 1. The van der Waals surface area contributed by atoms with Crippen LogP contribution >= 0.6 is 0 Å². The molecule has 122 valence electrons. The molecular formula is C22H16O3. The fourth-order valence-electron chi connectivity index (χ4n) is 3.44. The van der Waals surface area contributed by atoms with Crippen molar-refractivity contribution in [1.29, 1.82) is 0 Å². The lowest BCUT2D eigenvalue weighted by molar-refractivity contribution is 0.0696. The van der Waals surface area contributed by atoms with Crippen LogP contribution in [0.2, 0.25) is 0 Å². The van der Waals surface area contributed by atoms with E-state index in [2.05, 4.69) is 18.2 Å². The molecule has 25 heavy (non-hydrogen) atoms. The maximum Gasteiger partial charge on any atom is 0.335 e. The Balaban J connectivity index is 1.87. The molecule has 1 aliphatic rings. The number of allylic oxidation sites excluding steroid dienone is 1. The molecule has 3 heteroatoms. The van der Waals surface area contributed by atoms with Gasteiger partial charge in [-0.1, -0.05) is 48.5 Å². The minimum atomic E-state index is -0.928. The van der Waals surface area contributed by atoms with Gasteiger partial charge in [-0.2, -0.15) is 0 Å². The van der Waals surface area contributed by atoms with Crippen LogP contribution in [-0.4, -0.2) is 16.2 Å². The second kappa shape index (κ2) is 5.95. The number of carboxylic acids is 1. The number of phenolic OH excluding ortho intramolecular Hbond substituents is 1. The summed E-state index contributed by atoms with van der Waals surface area (Å²) < 4.78 is 0. The lowest BCUT2D eigenvalue weighted by atomic mass is 9.85. The maximum atomic E-state index is 11.4. The minimum absolute atomic E-state index is 0.0277. The summed E-state index contributed by atoms with van der Waals surface area (Å²) >= 11 is 0. The summed E-state index contributed by atoms with van der Waals surface area (Å²) in [5.41, 5.74) is 5.64. The van der Waals surface area contributed by atoms with Gasteiger partial charge in [-0.05, 0) is 58.2 Å². The molecular weight excluding hydrogens is 312 g/mol. The van der Waals surface area contributed by atoms with Crippen molar-refractivity contribution in [3.63, 3.8) is 0 Å². The lowest BCUT2D eigenvalue weighted by Gasteiger charge is -2.18. The van der Waals surface area contributed by atoms with Crippen molar-refractivity contribution in [3.05, 3.63) is 101 Å². The van der Waals surface area contributed by atoms with Crippen molar-refractivity contribution in [2.45, 2.75) is 5.92 Å². The molecule has 3 aromatic rings. The molecule has 0 saturated carbocycles. The number of phenols is 1. The van der Waals surface area contributed by atoms with Crippen molar-refractivity contribution in [1.82, 2.24) is 0 Å². The number of carboxylic acid groups (broad SMARTS) is 1. The van der Waals surface area contributed by atoms with Crippen LogP contribution in [0.5, 0.6) is 5.75 Å². The fraction of sp³-hybridized carbons (Fsp3) is 0.0455. The highest BCUT2D eigenvalue weighted by atomic mass is 16.4.